The number of rotatable bonds is 13. The third kappa shape index (κ3) is 10.5. The first-order chi connectivity index (χ1) is 25.8. The van der Waals surface area contributed by atoms with Crippen molar-refractivity contribution in [3.8, 4) is 0 Å². The monoisotopic (exact) mass is 790 g/mol. The van der Waals surface area contributed by atoms with Crippen molar-refractivity contribution in [3.05, 3.63) is 60.7 Å². The minimum atomic E-state index is -3.21. The normalized spacial score (nSPS) is 28.3. The molecule has 10 atom stereocenters. The molecule has 2 saturated heterocycles. The first-order valence-electron chi connectivity index (χ1n) is 17.8. The van der Waals surface area contributed by atoms with Crippen LogP contribution in [0.1, 0.15) is 55.4 Å². The van der Waals surface area contributed by atoms with Gasteiger partial charge in [-0.15, -0.1) is 0 Å². The Hall–Kier alpha value is -4.23. The number of carbonyl (C=O) groups is 5. The summed E-state index contributed by atoms with van der Waals surface area (Å²) in [6, 6.07) is 19.3. The molecule has 2 heterocycles. The Kier molecular flexibility index (Phi) is 14.7. The zero-order valence-corrected chi connectivity index (χ0v) is 33.1. The van der Waals surface area contributed by atoms with Gasteiger partial charge in [-0.3, -0.25) is 24.0 Å². The third-order valence-corrected chi connectivity index (χ3v) is 14.1. The molecule has 0 spiro atoms. The molecule has 4 rings (SSSR count). The molecular weight excluding hydrogens is 740 g/mol. The fourth-order valence-electron chi connectivity index (χ4n) is 6.94. The van der Waals surface area contributed by atoms with Crippen LogP contribution >= 0.6 is 0 Å². The number of ether oxygens (including phenoxy) is 8. The van der Waals surface area contributed by atoms with Gasteiger partial charge < -0.3 is 52.5 Å². The molecule has 2 N–H and O–H groups in total. The van der Waals surface area contributed by atoms with Gasteiger partial charge in [-0.25, -0.2) is 0 Å². The molecule has 17 heteroatoms. The van der Waals surface area contributed by atoms with Crippen LogP contribution in [0.25, 0.3) is 0 Å². The molecule has 2 aliphatic heterocycles. The number of esters is 5. The summed E-state index contributed by atoms with van der Waals surface area (Å²) in [4.78, 5) is 61.1. The zero-order chi connectivity index (χ0) is 40.7. The Morgan fingerprint density at radius 2 is 1.07 bits per heavy atom. The van der Waals surface area contributed by atoms with E-state index in [4.69, 9.17) is 42.3 Å². The standard InChI is InChI=1S/C38H50O16Si/c1-21(39)46-19-29-31(48-22(2)40)33(49-23(3)41)35(51-25(5)43)37(53-29)54-32-30(44)28(52-36(45)34(32)50-24(4)42)20-47-55(38(6,7)8,26-15-11-9-12-16-26)27-17-13-10-14-18-27/h9-18,28-37,44-45H,19-20H2,1-8H3/t28-,29-,30-,31-,32+,33+,34+,35+,36+,37-/m1/s1. The van der Waals surface area contributed by atoms with Gasteiger partial charge in [0.2, 0.25) is 0 Å². The van der Waals surface area contributed by atoms with Crippen molar-refractivity contribution in [1.29, 1.82) is 0 Å². The fraction of sp³-hybridized carbons (Fsp3) is 0.553. The SMILES string of the molecule is CC(=O)OC[C@H]1O[C@H](O[C@H]2[C@H](O)[C@@H](CO[Si](c3ccccc3)(c3ccccc3)C(C)(C)C)O[C@H](O)[C@H]2OC(C)=O)[C@@H](OC(C)=O)[C@@H](OC(C)=O)[C@@H]1OC(C)=O. The van der Waals surface area contributed by atoms with Gasteiger partial charge in [-0.2, -0.15) is 0 Å². The Balaban J connectivity index is 1.76. The van der Waals surface area contributed by atoms with Gasteiger partial charge in [0.25, 0.3) is 8.32 Å². The zero-order valence-electron chi connectivity index (χ0n) is 32.1. The van der Waals surface area contributed by atoms with E-state index in [0.717, 1.165) is 45.0 Å². The molecule has 0 amide bonds. The van der Waals surface area contributed by atoms with Crippen LogP contribution in [0.2, 0.25) is 5.04 Å². The molecule has 2 aromatic rings. The summed E-state index contributed by atoms with van der Waals surface area (Å²) < 4.78 is 52.1. The van der Waals surface area contributed by atoms with Crippen LogP contribution in [0.5, 0.6) is 0 Å². The number of hydrogen-bond donors (Lipinski definition) is 2. The Morgan fingerprint density at radius 3 is 1.55 bits per heavy atom. The number of carbonyl (C=O) groups excluding carboxylic acids is 5. The molecule has 0 aromatic heterocycles. The second-order valence-corrected chi connectivity index (χ2v) is 18.6. The summed E-state index contributed by atoms with van der Waals surface area (Å²) in [6.07, 6.45) is -16.1. The topological polar surface area (TPSA) is 209 Å². The summed E-state index contributed by atoms with van der Waals surface area (Å²) in [5.74, 6) is -4.18. The molecule has 16 nitrogen and oxygen atoms in total. The predicted octanol–water partition coefficient (Wildman–Crippen LogP) is 1.04. The molecule has 2 aliphatic rings. The first-order valence-corrected chi connectivity index (χ1v) is 19.7. The van der Waals surface area contributed by atoms with E-state index >= 15 is 0 Å². The van der Waals surface area contributed by atoms with Crippen molar-refractivity contribution in [3.63, 3.8) is 0 Å². The van der Waals surface area contributed by atoms with Gasteiger partial charge >= 0.3 is 29.8 Å². The molecule has 0 radical (unpaired) electrons. The first kappa shape index (κ1) is 43.5. The molecule has 0 unspecified atom stereocenters. The maximum Gasteiger partial charge on any atom is 0.303 e. The fourth-order valence-corrected chi connectivity index (χ4v) is 11.5. The van der Waals surface area contributed by atoms with Gasteiger partial charge in [-0.1, -0.05) is 81.4 Å². The predicted molar refractivity (Wildman–Crippen MR) is 193 cm³/mol. The number of aliphatic hydroxyl groups is 2. The van der Waals surface area contributed by atoms with Crippen LogP contribution in [0.15, 0.2) is 60.7 Å². The smallest absolute Gasteiger partial charge is 0.303 e. The van der Waals surface area contributed by atoms with Crippen molar-refractivity contribution in [2.75, 3.05) is 13.2 Å². The van der Waals surface area contributed by atoms with Crippen LogP contribution in [-0.4, -0.2) is 123 Å². The molecule has 2 aromatic carbocycles. The highest BCUT2D eigenvalue weighted by Crippen LogP contribution is 2.38. The van der Waals surface area contributed by atoms with Crippen LogP contribution in [0.4, 0.5) is 0 Å². The van der Waals surface area contributed by atoms with E-state index in [1.807, 2.05) is 60.7 Å². The lowest BCUT2D eigenvalue weighted by atomic mass is 9.96. The highest BCUT2D eigenvalue weighted by molar-refractivity contribution is 6.99. The van der Waals surface area contributed by atoms with Crippen LogP contribution in [-0.2, 0) is 66.3 Å². The lowest BCUT2D eigenvalue weighted by molar-refractivity contribution is -0.357. The Morgan fingerprint density at radius 1 is 0.600 bits per heavy atom. The van der Waals surface area contributed by atoms with Gasteiger partial charge in [0.1, 0.15) is 31.0 Å². The Labute approximate surface area is 320 Å². The van der Waals surface area contributed by atoms with E-state index in [1.165, 1.54) is 0 Å². The van der Waals surface area contributed by atoms with Crippen molar-refractivity contribution < 1.29 is 76.5 Å². The van der Waals surface area contributed by atoms with E-state index in [9.17, 15) is 34.2 Å². The highest BCUT2D eigenvalue weighted by atomic mass is 28.4. The highest BCUT2D eigenvalue weighted by Gasteiger charge is 2.57. The van der Waals surface area contributed by atoms with Gasteiger partial charge in [0, 0.05) is 34.6 Å². The lowest BCUT2D eigenvalue weighted by Gasteiger charge is -2.48. The average Bonchev–Trinajstić information content (AvgIpc) is 3.09. The summed E-state index contributed by atoms with van der Waals surface area (Å²) in [5, 5.41) is 24.7. The summed E-state index contributed by atoms with van der Waals surface area (Å²) in [6.45, 7) is 10.7. The molecule has 302 valence electrons. The van der Waals surface area contributed by atoms with Crippen molar-refractivity contribution in [2.45, 2.75) is 122 Å². The van der Waals surface area contributed by atoms with Crippen LogP contribution in [0.3, 0.4) is 0 Å². The number of hydrogen-bond acceptors (Lipinski definition) is 16. The second kappa shape index (κ2) is 18.6. The molecular formula is C38H50O16Si. The second-order valence-electron chi connectivity index (χ2n) is 14.3. The quantitative estimate of drug-likeness (QED) is 0.165. The van der Waals surface area contributed by atoms with Crippen molar-refractivity contribution >= 4 is 48.5 Å². The number of benzene rings is 2. The van der Waals surface area contributed by atoms with E-state index in [1.54, 1.807) is 0 Å². The minimum Gasteiger partial charge on any atom is -0.463 e. The van der Waals surface area contributed by atoms with Crippen molar-refractivity contribution in [1.82, 2.24) is 0 Å². The van der Waals surface area contributed by atoms with Gasteiger partial charge in [-0.05, 0) is 15.4 Å². The maximum atomic E-state index is 12.4. The van der Waals surface area contributed by atoms with Crippen molar-refractivity contribution in [2.24, 2.45) is 0 Å². The van der Waals surface area contributed by atoms with E-state index < -0.39 is 111 Å². The Bertz CT molecular complexity index is 1590. The molecule has 2 fully saturated rings. The third-order valence-electron chi connectivity index (χ3n) is 9.06. The van der Waals surface area contributed by atoms with Crippen LogP contribution < -0.4 is 10.4 Å². The maximum absolute atomic E-state index is 12.4. The molecule has 55 heavy (non-hydrogen) atoms. The molecule has 0 saturated carbocycles. The van der Waals surface area contributed by atoms with Gasteiger partial charge in [0.05, 0.1) is 6.61 Å². The number of aliphatic hydroxyl groups excluding tert-OH is 2. The van der Waals surface area contributed by atoms with E-state index in [-0.39, 0.29) is 6.61 Å². The summed E-state index contributed by atoms with van der Waals surface area (Å²) in [7, 11) is -3.21. The molecule has 0 aliphatic carbocycles. The van der Waals surface area contributed by atoms with Gasteiger partial charge in [0.15, 0.2) is 37.0 Å². The van der Waals surface area contributed by atoms with E-state index in [2.05, 4.69) is 20.8 Å². The van der Waals surface area contributed by atoms with E-state index in [0.29, 0.717) is 0 Å². The van der Waals surface area contributed by atoms with Crippen LogP contribution in [0, 0.1) is 0 Å². The molecule has 0 bridgehead atoms. The largest absolute Gasteiger partial charge is 0.463 e. The summed E-state index contributed by atoms with van der Waals surface area (Å²) in [5.41, 5.74) is 0. The minimum absolute atomic E-state index is 0.281. The average molecular weight is 791 g/mol. The lowest BCUT2D eigenvalue weighted by Crippen LogP contribution is -2.69. The summed E-state index contributed by atoms with van der Waals surface area (Å²) >= 11 is 0.